The van der Waals surface area contributed by atoms with Crippen molar-refractivity contribution >= 4 is 17.4 Å². The van der Waals surface area contributed by atoms with Gasteiger partial charge in [0.05, 0.1) is 11.4 Å². The maximum atomic E-state index is 12.1. The first kappa shape index (κ1) is 12.1. The lowest BCUT2D eigenvalue weighted by atomic mass is 10.1. The molecule has 1 aromatic heterocycles. The fourth-order valence-electron chi connectivity index (χ4n) is 2.76. The van der Waals surface area contributed by atoms with Gasteiger partial charge in [0, 0.05) is 5.92 Å². The fourth-order valence-corrected chi connectivity index (χ4v) is 3.08. The molecular weight excluding hydrogens is 274 g/mol. The van der Waals surface area contributed by atoms with E-state index in [1.807, 2.05) is 22.9 Å². The molecule has 102 valence electrons. The minimum atomic E-state index is -0.173. The van der Waals surface area contributed by atoms with Crippen LogP contribution in [0.25, 0.3) is 0 Å². The number of hydrogen-bond donors (Lipinski definition) is 0. The maximum absolute atomic E-state index is 12.1. The summed E-state index contributed by atoms with van der Waals surface area (Å²) in [5, 5.41) is 4.26. The Labute approximate surface area is 121 Å². The van der Waals surface area contributed by atoms with E-state index in [4.69, 9.17) is 11.6 Å². The van der Waals surface area contributed by atoms with Crippen molar-refractivity contribution in [3.8, 4) is 0 Å². The molecule has 20 heavy (non-hydrogen) atoms. The number of alkyl halides is 1. The Bertz CT molecular complexity index is 663. The molecule has 0 bridgehead atoms. The molecule has 1 saturated carbocycles. The third kappa shape index (κ3) is 1.86. The highest BCUT2D eigenvalue weighted by Gasteiger charge is 2.38. The third-order valence-corrected chi connectivity index (χ3v) is 4.39. The van der Waals surface area contributed by atoms with Crippen LogP contribution in [0.5, 0.6) is 0 Å². The molecule has 4 nitrogen and oxygen atoms in total. The SMILES string of the molecule is O=C(c1nc2n(n1)[C@H](c1ccccc1)C[C@H]2Cl)C1CC1. The van der Waals surface area contributed by atoms with Gasteiger partial charge in [0.25, 0.3) is 0 Å². The van der Waals surface area contributed by atoms with Gasteiger partial charge >= 0.3 is 0 Å². The van der Waals surface area contributed by atoms with Crippen LogP contribution in [0.2, 0.25) is 0 Å². The highest BCUT2D eigenvalue weighted by molar-refractivity contribution is 6.20. The van der Waals surface area contributed by atoms with Crippen LogP contribution in [0.3, 0.4) is 0 Å². The molecule has 2 heterocycles. The van der Waals surface area contributed by atoms with E-state index >= 15 is 0 Å². The van der Waals surface area contributed by atoms with Gasteiger partial charge in [-0.3, -0.25) is 4.79 Å². The lowest BCUT2D eigenvalue weighted by Crippen LogP contribution is -2.10. The second-order valence-corrected chi connectivity index (χ2v) is 6.03. The van der Waals surface area contributed by atoms with Crippen molar-refractivity contribution in [3.05, 3.63) is 47.5 Å². The van der Waals surface area contributed by atoms with Crippen LogP contribution in [0.1, 0.15) is 52.7 Å². The van der Waals surface area contributed by atoms with Gasteiger partial charge in [-0.15, -0.1) is 16.7 Å². The number of carbonyl (C=O) groups excluding carboxylic acids is 1. The number of carbonyl (C=O) groups is 1. The summed E-state index contributed by atoms with van der Waals surface area (Å²) in [7, 11) is 0. The van der Waals surface area contributed by atoms with Gasteiger partial charge in [-0.05, 0) is 24.8 Å². The Morgan fingerprint density at radius 3 is 2.70 bits per heavy atom. The summed E-state index contributed by atoms with van der Waals surface area (Å²) in [5.41, 5.74) is 1.16. The molecule has 2 atom stereocenters. The number of Topliss-reactive ketones (excluding diaryl/α,β-unsaturated/α-hetero) is 1. The average molecular weight is 288 g/mol. The summed E-state index contributed by atoms with van der Waals surface area (Å²) in [6.45, 7) is 0. The molecule has 2 aromatic rings. The van der Waals surface area contributed by atoms with Crippen molar-refractivity contribution in [2.75, 3.05) is 0 Å². The summed E-state index contributed by atoms with van der Waals surface area (Å²) in [5.74, 6) is 1.28. The van der Waals surface area contributed by atoms with Crippen molar-refractivity contribution in [2.45, 2.75) is 30.7 Å². The molecule has 0 saturated heterocycles. The fraction of sp³-hybridized carbons (Fsp3) is 0.400. The normalized spacial score (nSPS) is 24.6. The first-order chi connectivity index (χ1) is 9.74. The molecule has 1 aromatic carbocycles. The molecule has 0 spiro atoms. The monoisotopic (exact) mass is 287 g/mol. The smallest absolute Gasteiger partial charge is 0.217 e. The van der Waals surface area contributed by atoms with Crippen molar-refractivity contribution in [1.29, 1.82) is 0 Å². The number of benzene rings is 1. The second kappa shape index (κ2) is 4.42. The Morgan fingerprint density at radius 1 is 1.25 bits per heavy atom. The van der Waals surface area contributed by atoms with Crippen LogP contribution < -0.4 is 0 Å². The maximum Gasteiger partial charge on any atom is 0.217 e. The lowest BCUT2D eigenvalue weighted by Gasteiger charge is -2.11. The molecule has 0 N–H and O–H groups in total. The zero-order chi connectivity index (χ0) is 13.7. The molecule has 5 heteroatoms. The Morgan fingerprint density at radius 2 is 2.00 bits per heavy atom. The first-order valence-electron chi connectivity index (χ1n) is 6.93. The van der Waals surface area contributed by atoms with Crippen LogP contribution in [-0.2, 0) is 0 Å². The summed E-state index contributed by atoms with van der Waals surface area (Å²) in [6, 6.07) is 10.2. The molecular formula is C15H14ClN3O. The van der Waals surface area contributed by atoms with Crippen LogP contribution in [-0.4, -0.2) is 20.5 Å². The number of aromatic nitrogens is 3. The van der Waals surface area contributed by atoms with Crippen LogP contribution >= 0.6 is 11.6 Å². The van der Waals surface area contributed by atoms with Gasteiger partial charge in [-0.2, -0.15) is 0 Å². The van der Waals surface area contributed by atoms with Gasteiger partial charge in [-0.25, -0.2) is 9.67 Å². The summed E-state index contributed by atoms with van der Waals surface area (Å²) in [6.07, 6.45) is 2.71. The van der Waals surface area contributed by atoms with Crippen molar-refractivity contribution < 1.29 is 4.79 Å². The van der Waals surface area contributed by atoms with Gasteiger partial charge < -0.3 is 0 Å². The van der Waals surface area contributed by atoms with Crippen molar-refractivity contribution in [3.63, 3.8) is 0 Å². The lowest BCUT2D eigenvalue weighted by molar-refractivity contribution is 0.0957. The highest BCUT2D eigenvalue weighted by atomic mass is 35.5. The Kier molecular flexibility index (Phi) is 2.67. The molecule has 4 rings (SSSR count). The molecule has 1 aliphatic heterocycles. The molecule has 2 aliphatic rings. The predicted octanol–water partition coefficient (Wildman–Crippen LogP) is 3.14. The average Bonchev–Trinajstić information content (AvgIpc) is 3.15. The van der Waals surface area contributed by atoms with E-state index in [0.717, 1.165) is 30.7 Å². The molecule has 0 radical (unpaired) electrons. The number of rotatable bonds is 3. The van der Waals surface area contributed by atoms with Crippen LogP contribution in [0.15, 0.2) is 30.3 Å². The van der Waals surface area contributed by atoms with Crippen molar-refractivity contribution in [2.24, 2.45) is 5.92 Å². The van der Waals surface area contributed by atoms with Gasteiger partial charge in [0.1, 0.15) is 5.82 Å². The minimum absolute atomic E-state index is 0.0718. The van der Waals surface area contributed by atoms with E-state index in [-0.39, 0.29) is 23.1 Å². The van der Waals surface area contributed by atoms with E-state index in [9.17, 15) is 4.79 Å². The third-order valence-electron chi connectivity index (χ3n) is 4.02. The zero-order valence-corrected chi connectivity index (χ0v) is 11.6. The van der Waals surface area contributed by atoms with E-state index in [1.165, 1.54) is 0 Å². The number of nitrogens with zero attached hydrogens (tertiary/aromatic N) is 3. The summed E-state index contributed by atoms with van der Waals surface area (Å²) < 4.78 is 1.84. The predicted molar refractivity (Wildman–Crippen MR) is 74.9 cm³/mol. The number of fused-ring (bicyclic) bond motifs is 1. The molecule has 1 aliphatic carbocycles. The minimum Gasteiger partial charge on any atom is -0.290 e. The van der Waals surface area contributed by atoms with E-state index in [0.29, 0.717) is 5.82 Å². The highest BCUT2D eigenvalue weighted by Crippen LogP contribution is 2.41. The van der Waals surface area contributed by atoms with E-state index in [2.05, 4.69) is 22.2 Å². The van der Waals surface area contributed by atoms with E-state index < -0.39 is 0 Å². The largest absolute Gasteiger partial charge is 0.290 e. The summed E-state index contributed by atoms with van der Waals surface area (Å²) >= 11 is 6.37. The van der Waals surface area contributed by atoms with Crippen LogP contribution in [0, 0.1) is 5.92 Å². The number of hydrogen-bond acceptors (Lipinski definition) is 3. The Balaban J connectivity index is 1.72. The standard InChI is InChI=1S/C15H14ClN3O/c16-11-8-12(9-4-2-1-3-5-9)19-15(11)17-14(18-19)13(20)10-6-7-10/h1-5,10-12H,6-8H2/t11-,12+/m1/s1. The van der Waals surface area contributed by atoms with Crippen LogP contribution in [0.4, 0.5) is 0 Å². The second-order valence-electron chi connectivity index (χ2n) is 5.51. The zero-order valence-electron chi connectivity index (χ0n) is 10.9. The quantitative estimate of drug-likeness (QED) is 0.643. The molecule has 0 unspecified atom stereocenters. The topological polar surface area (TPSA) is 47.8 Å². The van der Waals surface area contributed by atoms with Gasteiger partial charge in [0.15, 0.2) is 0 Å². The van der Waals surface area contributed by atoms with E-state index in [1.54, 1.807) is 0 Å². The summed E-state index contributed by atoms with van der Waals surface area (Å²) in [4.78, 5) is 16.5. The number of ketones is 1. The first-order valence-corrected chi connectivity index (χ1v) is 7.37. The van der Waals surface area contributed by atoms with Gasteiger partial charge in [-0.1, -0.05) is 30.3 Å². The number of halogens is 1. The van der Waals surface area contributed by atoms with Gasteiger partial charge in [0.2, 0.25) is 11.6 Å². The molecule has 1 fully saturated rings. The molecule has 0 amide bonds. The van der Waals surface area contributed by atoms with Crippen molar-refractivity contribution in [1.82, 2.24) is 14.8 Å². The Hall–Kier alpha value is -1.68.